The third kappa shape index (κ3) is 3.08. The van der Waals surface area contributed by atoms with E-state index in [1.165, 1.54) is 18.2 Å². The molecule has 7 heteroatoms. The van der Waals surface area contributed by atoms with E-state index < -0.39 is 4.92 Å². The third-order valence-electron chi connectivity index (χ3n) is 3.10. The van der Waals surface area contributed by atoms with E-state index >= 15 is 0 Å². The lowest BCUT2D eigenvalue weighted by atomic mass is 10.1. The Balaban J connectivity index is 2.25. The summed E-state index contributed by atoms with van der Waals surface area (Å²) in [6.07, 6.45) is -0.102. The van der Waals surface area contributed by atoms with E-state index in [-0.39, 0.29) is 34.4 Å². The Kier molecular flexibility index (Phi) is 4.25. The summed E-state index contributed by atoms with van der Waals surface area (Å²) in [7, 11) is 0. The summed E-state index contributed by atoms with van der Waals surface area (Å²) in [6, 6.07) is 4.10. The molecule has 2 atom stereocenters. The average molecular weight is 299 g/mol. The number of nitro groups is 1. The van der Waals surface area contributed by atoms with E-state index in [0.29, 0.717) is 13.1 Å². The van der Waals surface area contributed by atoms with Gasteiger partial charge in [0.05, 0.1) is 17.1 Å². The van der Waals surface area contributed by atoms with E-state index in [2.05, 4.69) is 0 Å². The maximum atomic E-state index is 12.4. The molecular weight excluding hydrogens is 284 g/mol. The molecule has 1 amide bonds. The summed E-state index contributed by atoms with van der Waals surface area (Å²) in [5.74, 6) is -0.244. The van der Waals surface area contributed by atoms with E-state index in [0.717, 1.165) is 0 Å². The topological polar surface area (TPSA) is 72.7 Å². The molecule has 1 aliphatic heterocycles. The lowest BCUT2D eigenvalue weighted by molar-refractivity contribution is -0.384. The summed E-state index contributed by atoms with van der Waals surface area (Å²) in [5.41, 5.74) is 0.00859. The average Bonchev–Trinajstić information content (AvgIpc) is 2.37. The maximum absolute atomic E-state index is 12.4. The first-order valence-corrected chi connectivity index (χ1v) is 6.65. The number of ether oxygens (including phenoxy) is 1. The number of amides is 1. The van der Waals surface area contributed by atoms with Crippen LogP contribution in [-0.4, -0.2) is 41.0 Å². The highest BCUT2D eigenvalue weighted by Gasteiger charge is 2.27. The number of hydrogen-bond donors (Lipinski definition) is 0. The van der Waals surface area contributed by atoms with Crippen molar-refractivity contribution in [3.05, 3.63) is 38.9 Å². The molecule has 0 N–H and O–H groups in total. The van der Waals surface area contributed by atoms with Gasteiger partial charge in [0, 0.05) is 24.7 Å². The Morgan fingerprint density at radius 1 is 1.40 bits per heavy atom. The smallest absolute Gasteiger partial charge is 0.288 e. The van der Waals surface area contributed by atoms with Crippen molar-refractivity contribution >= 4 is 23.2 Å². The van der Waals surface area contributed by atoms with Gasteiger partial charge in [0.15, 0.2) is 0 Å². The van der Waals surface area contributed by atoms with E-state index in [9.17, 15) is 14.9 Å². The lowest BCUT2D eigenvalue weighted by Crippen LogP contribution is -2.48. The number of morpholine rings is 1. The molecule has 0 spiro atoms. The zero-order chi connectivity index (χ0) is 14.9. The van der Waals surface area contributed by atoms with Crippen molar-refractivity contribution in [3.63, 3.8) is 0 Å². The minimum absolute atomic E-state index is 0.0234. The van der Waals surface area contributed by atoms with Crippen molar-refractivity contribution in [1.29, 1.82) is 0 Å². The summed E-state index contributed by atoms with van der Waals surface area (Å²) < 4.78 is 5.56. The standard InChI is InChI=1S/C13H15ClN2O4/c1-8-6-15(7-9(2)20-8)13(17)10-3-4-11(14)12(5-10)16(18)19/h3-5,8-9H,6-7H2,1-2H3. The molecule has 20 heavy (non-hydrogen) atoms. The monoisotopic (exact) mass is 298 g/mol. The van der Waals surface area contributed by atoms with Crippen LogP contribution < -0.4 is 0 Å². The first kappa shape index (κ1) is 14.7. The number of carbonyl (C=O) groups is 1. The Labute approximate surface area is 121 Å². The predicted octanol–water partition coefficient (Wildman–Crippen LogP) is 2.50. The van der Waals surface area contributed by atoms with Crippen molar-refractivity contribution in [2.75, 3.05) is 13.1 Å². The normalized spacial score (nSPS) is 22.6. The van der Waals surface area contributed by atoms with Crippen LogP contribution in [0, 0.1) is 10.1 Å². The number of halogens is 1. The van der Waals surface area contributed by atoms with Gasteiger partial charge in [0.1, 0.15) is 5.02 Å². The molecule has 1 heterocycles. The Bertz CT molecular complexity index is 539. The van der Waals surface area contributed by atoms with Crippen LogP contribution in [-0.2, 0) is 4.74 Å². The molecule has 1 saturated heterocycles. The molecule has 0 radical (unpaired) electrons. The molecule has 0 aliphatic carbocycles. The van der Waals surface area contributed by atoms with E-state index in [4.69, 9.17) is 16.3 Å². The Morgan fingerprint density at radius 2 is 2.00 bits per heavy atom. The highest BCUT2D eigenvalue weighted by molar-refractivity contribution is 6.32. The van der Waals surface area contributed by atoms with Crippen LogP contribution >= 0.6 is 11.6 Å². The number of carbonyl (C=O) groups excluding carboxylic acids is 1. The molecule has 1 aliphatic rings. The van der Waals surface area contributed by atoms with Crippen LogP contribution in [0.5, 0.6) is 0 Å². The number of nitrogens with zero attached hydrogens (tertiary/aromatic N) is 2. The molecule has 2 rings (SSSR count). The van der Waals surface area contributed by atoms with Gasteiger partial charge >= 0.3 is 0 Å². The van der Waals surface area contributed by atoms with Gasteiger partial charge in [-0.25, -0.2) is 0 Å². The molecule has 1 aromatic carbocycles. The maximum Gasteiger partial charge on any atom is 0.288 e. The first-order chi connectivity index (χ1) is 9.38. The van der Waals surface area contributed by atoms with Crippen LogP contribution in [0.1, 0.15) is 24.2 Å². The summed E-state index contributed by atoms with van der Waals surface area (Å²) in [6.45, 7) is 4.72. The number of rotatable bonds is 2. The van der Waals surface area contributed by atoms with Gasteiger partial charge < -0.3 is 9.64 Å². The molecule has 0 bridgehead atoms. The van der Waals surface area contributed by atoms with Crippen molar-refractivity contribution in [2.24, 2.45) is 0 Å². The second-order valence-corrected chi connectivity index (χ2v) is 5.30. The molecular formula is C13H15ClN2O4. The highest BCUT2D eigenvalue weighted by atomic mass is 35.5. The third-order valence-corrected chi connectivity index (χ3v) is 3.42. The SMILES string of the molecule is CC1CN(C(=O)c2ccc(Cl)c([N+](=O)[O-])c2)CC(C)O1. The number of benzene rings is 1. The van der Waals surface area contributed by atoms with Crippen LogP contribution in [0.2, 0.25) is 5.02 Å². The molecule has 2 unspecified atom stereocenters. The first-order valence-electron chi connectivity index (χ1n) is 6.27. The molecule has 1 aromatic rings. The van der Waals surface area contributed by atoms with Gasteiger partial charge in [-0.1, -0.05) is 11.6 Å². The van der Waals surface area contributed by atoms with Crippen molar-refractivity contribution in [2.45, 2.75) is 26.1 Å². The summed E-state index contributed by atoms with van der Waals surface area (Å²) in [4.78, 5) is 24.3. The van der Waals surface area contributed by atoms with Gasteiger partial charge in [-0.05, 0) is 26.0 Å². The van der Waals surface area contributed by atoms with Crippen LogP contribution in [0.4, 0.5) is 5.69 Å². The van der Waals surface area contributed by atoms with Gasteiger partial charge in [0.25, 0.3) is 11.6 Å². The molecule has 0 saturated carbocycles. The zero-order valence-electron chi connectivity index (χ0n) is 11.2. The van der Waals surface area contributed by atoms with Crippen LogP contribution in [0.15, 0.2) is 18.2 Å². The lowest BCUT2D eigenvalue weighted by Gasteiger charge is -2.35. The molecule has 0 aromatic heterocycles. The van der Waals surface area contributed by atoms with Gasteiger partial charge in [0.2, 0.25) is 0 Å². The fourth-order valence-electron chi connectivity index (χ4n) is 2.31. The number of nitro benzene ring substituents is 1. The van der Waals surface area contributed by atoms with E-state index in [1.54, 1.807) is 4.90 Å². The molecule has 1 fully saturated rings. The van der Waals surface area contributed by atoms with Gasteiger partial charge in [-0.3, -0.25) is 14.9 Å². The van der Waals surface area contributed by atoms with Crippen molar-refractivity contribution < 1.29 is 14.5 Å². The van der Waals surface area contributed by atoms with E-state index in [1.807, 2.05) is 13.8 Å². The zero-order valence-corrected chi connectivity index (χ0v) is 12.0. The molecule has 108 valence electrons. The van der Waals surface area contributed by atoms with Gasteiger partial charge in [-0.2, -0.15) is 0 Å². The second kappa shape index (κ2) is 5.76. The summed E-state index contributed by atoms with van der Waals surface area (Å²) in [5, 5.41) is 10.9. The highest BCUT2D eigenvalue weighted by Crippen LogP contribution is 2.26. The fourth-order valence-corrected chi connectivity index (χ4v) is 2.50. The van der Waals surface area contributed by atoms with Crippen LogP contribution in [0.3, 0.4) is 0 Å². The van der Waals surface area contributed by atoms with Gasteiger partial charge in [-0.15, -0.1) is 0 Å². The van der Waals surface area contributed by atoms with Crippen molar-refractivity contribution in [3.8, 4) is 0 Å². The van der Waals surface area contributed by atoms with Crippen molar-refractivity contribution in [1.82, 2.24) is 4.90 Å². The summed E-state index contributed by atoms with van der Waals surface area (Å²) >= 11 is 5.74. The fraction of sp³-hybridized carbons (Fsp3) is 0.462. The largest absolute Gasteiger partial charge is 0.372 e. The Hall–Kier alpha value is -1.66. The minimum Gasteiger partial charge on any atom is -0.372 e. The van der Waals surface area contributed by atoms with Crippen LogP contribution in [0.25, 0.3) is 0 Å². The second-order valence-electron chi connectivity index (χ2n) is 4.89. The number of hydrogen-bond acceptors (Lipinski definition) is 4. The minimum atomic E-state index is -0.594. The molecule has 6 nitrogen and oxygen atoms in total. The Morgan fingerprint density at radius 3 is 2.55 bits per heavy atom. The predicted molar refractivity (Wildman–Crippen MR) is 74.0 cm³/mol. The quantitative estimate of drug-likeness (QED) is 0.621.